The molecule has 0 radical (unpaired) electrons. The number of aromatic nitrogens is 4. The molecular weight excluding hydrogens is 282 g/mol. The van der Waals surface area contributed by atoms with Crippen LogP contribution >= 0.6 is 0 Å². The second-order valence-corrected chi connectivity index (χ2v) is 4.55. The molecule has 1 aliphatic heterocycles. The lowest BCUT2D eigenvalue weighted by atomic mass is 10.1. The average molecular weight is 297 g/mol. The number of fused-ring (bicyclic) bond motifs is 1. The van der Waals surface area contributed by atoms with E-state index in [0.717, 1.165) is 0 Å². The Bertz CT molecular complexity index is 634. The molecule has 2 unspecified atom stereocenters. The number of hydrogen-bond acceptors (Lipinski definition) is 9. The molecule has 21 heavy (non-hydrogen) atoms. The normalized spacial score (nSPS) is 29.3. The molecule has 3 rings (SSSR count). The summed E-state index contributed by atoms with van der Waals surface area (Å²) in [7, 11) is 1.32. The van der Waals surface area contributed by atoms with E-state index in [4.69, 9.17) is 15.4 Å². The number of hydrogen-bond donors (Lipinski definition) is 3. The van der Waals surface area contributed by atoms with Crippen LogP contribution in [0.2, 0.25) is 0 Å². The van der Waals surface area contributed by atoms with Gasteiger partial charge in [-0.05, 0) is 0 Å². The second-order valence-electron chi connectivity index (χ2n) is 4.55. The van der Waals surface area contributed by atoms with Crippen molar-refractivity contribution in [2.45, 2.75) is 24.5 Å². The summed E-state index contributed by atoms with van der Waals surface area (Å²) in [4.78, 5) is 21.8. The first-order chi connectivity index (χ1) is 10.2. The third-order valence-corrected chi connectivity index (χ3v) is 3.36. The van der Waals surface area contributed by atoms with Gasteiger partial charge in [-0.2, -0.15) is 0 Å². The minimum Gasteiger partial charge on any atom is -0.394 e. The molecule has 114 valence electrons. The van der Waals surface area contributed by atoms with E-state index in [1.807, 2.05) is 0 Å². The Kier molecular flexibility index (Phi) is 3.69. The van der Waals surface area contributed by atoms with Gasteiger partial charge in [-0.3, -0.25) is 4.57 Å². The lowest BCUT2D eigenvalue weighted by Gasteiger charge is -2.19. The van der Waals surface area contributed by atoms with Gasteiger partial charge in [-0.25, -0.2) is 24.7 Å². The Balaban J connectivity index is 2.02. The van der Waals surface area contributed by atoms with Crippen LogP contribution in [-0.4, -0.2) is 61.8 Å². The van der Waals surface area contributed by atoms with Crippen LogP contribution in [0.15, 0.2) is 12.7 Å². The molecule has 0 saturated carbocycles. The average Bonchev–Trinajstić information content (AvgIpc) is 3.03. The quantitative estimate of drug-likeness (QED) is 0.459. The van der Waals surface area contributed by atoms with Crippen LogP contribution in [-0.2, 0) is 14.5 Å². The largest absolute Gasteiger partial charge is 0.394 e. The minimum absolute atomic E-state index is 0.236. The number of anilines is 1. The predicted octanol–water partition coefficient (Wildman–Crippen LogP) is -1.39. The van der Waals surface area contributed by atoms with Gasteiger partial charge in [0.1, 0.15) is 24.1 Å². The van der Waals surface area contributed by atoms with Gasteiger partial charge in [0.05, 0.1) is 20.0 Å². The van der Waals surface area contributed by atoms with Gasteiger partial charge in [0, 0.05) is 0 Å². The summed E-state index contributed by atoms with van der Waals surface area (Å²) < 4.78 is 7.15. The summed E-state index contributed by atoms with van der Waals surface area (Å²) in [6.45, 7) is -0.356. The summed E-state index contributed by atoms with van der Waals surface area (Å²) in [5, 5.41) is 19.3. The number of nitrogen functional groups attached to an aromatic ring is 1. The lowest BCUT2D eigenvalue weighted by molar-refractivity contribution is -0.327. The standard InChI is InChI=1S/C11H15N5O5/c1-19-21-8-7(18)5(2-17)20-11(8)16-4-15-6-9(12)13-3-14-10(6)16/h3-5,7-8,11,17-18H,2H2,1H3,(H2,12,13,14)/t5-,7?,8?,11-/m1/s1. The molecule has 0 bridgehead atoms. The highest BCUT2D eigenvalue weighted by molar-refractivity contribution is 5.81. The van der Waals surface area contributed by atoms with Crippen LogP contribution in [0.5, 0.6) is 0 Å². The van der Waals surface area contributed by atoms with Crippen molar-refractivity contribution in [2.24, 2.45) is 0 Å². The molecule has 2 aromatic heterocycles. The molecule has 0 aliphatic carbocycles. The van der Waals surface area contributed by atoms with Gasteiger partial charge in [-0.15, -0.1) is 0 Å². The van der Waals surface area contributed by atoms with E-state index >= 15 is 0 Å². The first-order valence-electron chi connectivity index (χ1n) is 6.24. The highest BCUT2D eigenvalue weighted by Gasteiger charge is 2.46. The maximum Gasteiger partial charge on any atom is 0.169 e. The molecule has 4 atom stereocenters. The molecule has 10 nitrogen and oxygen atoms in total. The fourth-order valence-electron chi connectivity index (χ4n) is 2.36. The number of aliphatic hydroxyl groups is 2. The summed E-state index contributed by atoms with van der Waals surface area (Å²) >= 11 is 0. The van der Waals surface area contributed by atoms with Crippen molar-refractivity contribution >= 4 is 17.0 Å². The van der Waals surface area contributed by atoms with E-state index < -0.39 is 24.5 Å². The van der Waals surface area contributed by atoms with Crippen LogP contribution in [0.1, 0.15) is 6.23 Å². The highest BCUT2D eigenvalue weighted by atomic mass is 17.2. The number of aliphatic hydroxyl groups excluding tert-OH is 2. The molecule has 10 heteroatoms. The van der Waals surface area contributed by atoms with Crippen molar-refractivity contribution in [1.29, 1.82) is 0 Å². The van der Waals surface area contributed by atoms with Gasteiger partial charge in [-0.1, -0.05) is 0 Å². The molecule has 0 aromatic carbocycles. The Morgan fingerprint density at radius 2 is 2.24 bits per heavy atom. The number of ether oxygens (including phenoxy) is 1. The Hall–Kier alpha value is -1.85. The third-order valence-electron chi connectivity index (χ3n) is 3.36. The fraction of sp³-hybridized carbons (Fsp3) is 0.545. The zero-order valence-corrected chi connectivity index (χ0v) is 11.2. The number of nitrogens with zero attached hydrogens (tertiary/aromatic N) is 4. The van der Waals surface area contributed by atoms with E-state index in [1.54, 1.807) is 4.57 Å². The first-order valence-corrected chi connectivity index (χ1v) is 6.24. The molecular formula is C11H15N5O5. The molecule has 2 aromatic rings. The van der Waals surface area contributed by atoms with Crippen molar-refractivity contribution < 1.29 is 24.7 Å². The minimum atomic E-state index is -1.06. The van der Waals surface area contributed by atoms with Crippen molar-refractivity contribution in [2.75, 3.05) is 19.5 Å². The van der Waals surface area contributed by atoms with Crippen molar-refractivity contribution in [3.63, 3.8) is 0 Å². The summed E-state index contributed by atoms with van der Waals surface area (Å²) in [6, 6.07) is 0. The van der Waals surface area contributed by atoms with E-state index in [9.17, 15) is 10.2 Å². The van der Waals surface area contributed by atoms with Gasteiger partial charge in [0.2, 0.25) is 0 Å². The highest BCUT2D eigenvalue weighted by Crippen LogP contribution is 2.33. The fourth-order valence-corrected chi connectivity index (χ4v) is 2.36. The predicted molar refractivity (Wildman–Crippen MR) is 68.6 cm³/mol. The van der Waals surface area contributed by atoms with E-state index in [0.29, 0.717) is 11.2 Å². The van der Waals surface area contributed by atoms with Crippen LogP contribution < -0.4 is 5.73 Å². The molecule has 3 heterocycles. The Morgan fingerprint density at radius 3 is 2.95 bits per heavy atom. The summed E-state index contributed by atoms with van der Waals surface area (Å²) in [5.74, 6) is 0.236. The van der Waals surface area contributed by atoms with Crippen molar-refractivity contribution in [3.05, 3.63) is 12.7 Å². The molecule has 4 N–H and O–H groups in total. The van der Waals surface area contributed by atoms with Crippen LogP contribution in [0.25, 0.3) is 11.2 Å². The third kappa shape index (κ3) is 2.22. The number of imidazole rings is 1. The summed E-state index contributed by atoms with van der Waals surface area (Å²) in [5.41, 5.74) is 6.58. The molecule has 0 amide bonds. The molecule has 1 aliphatic rings. The zero-order valence-electron chi connectivity index (χ0n) is 11.2. The molecule has 1 fully saturated rings. The second kappa shape index (κ2) is 5.50. The van der Waals surface area contributed by atoms with Gasteiger partial charge in [0.25, 0.3) is 0 Å². The van der Waals surface area contributed by atoms with Crippen LogP contribution in [0.3, 0.4) is 0 Å². The van der Waals surface area contributed by atoms with Gasteiger partial charge < -0.3 is 20.7 Å². The van der Waals surface area contributed by atoms with Crippen molar-refractivity contribution in [1.82, 2.24) is 19.5 Å². The Morgan fingerprint density at radius 1 is 1.43 bits per heavy atom. The number of rotatable bonds is 4. The molecule has 0 spiro atoms. The Labute approximate surface area is 119 Å². The lowest BCUT2D eigenvalue weighted by Crippen LogP contribution is -2.35. The van der Waals surface area contributed by atoms with E-state index in [1.165, 1.54) is 19.8 Å². The monoisotopic (exact) mass is 297 g/mol. The maximum absolute atomic E-state index is 10.1. The zero-order chi connectivity index (χ0) is 15.0. The van der Waals surface area contributed by atoms with E-state index in [2.05, 4.69) is 19.8 Å². The first kappa shape index (κ1) is 14.1. The SMILES string of the molecule is COOC1C(O)[C@@H](CO)O[C@H]1n1cnc2c(N)ncnc21. The van der Waals surface area contributed by atoms with Crippen LogP contribution in [0.4, 0.5) is 5.82 Å². The van der Waals surface area contributed by atoms with Gasteiger partial charge in [0.15, 0.2) is 23.8 Å². The maximum atomic E-state index is 10.1. The van der Waals surface area contributed by atoms with Crippen LogP contribution in [0, 0.1) is 0 Å². The van der Waals surface area contributed by atoms with E-state index in [-0.39, 0.29) is 12.4 Å². The van der Waals surface area contributed by atoms with Crippen molar-refractivity contribution in [3.8, 4) is 0 Å². The van der Waals surface area contributed by atoms with Gasteiger partial charge >= 0.3 is 0 Å². The number of nitrogens with two attached hydrogens (primary N) is 1. The smallest absolute Gasteiger partial charge is 0.169 e. The topological polar surface area (TPSA) is 138 Å². The molecule has 1 saturated heterocycles. The summed E-state index contributed by atoms with van der Waals surface area (Å²) in [6.07, 6.45) is -0.712.